The molecule has 0 radical (unpaired) electrons. The van der Waals surface area contributed by atoms with Crippen LogP contribution in [-0.4, -0.2) is 26.6 Å². The molecule has 0 spiro atoms. The third kappa shape index (κ3) is 5.05. The molecule has 1 aliphatic rings. The lowest BCUT2D eigenvalue weighted by atomic mass is 9.73. The molecule has 0 N–H and O–H groups in total. The molecule has 6 nitrogen and oxygen atoms in total. The van der Waals surface area contributed by atoms with Crippen LogP contribution >= 0.6 is 22.6 Å². The van der Waals surface area contributed by atoms with Gasteiger partial charge in [0.25, 0.3) is 11.8 Å². The van der Waals surface area contributed by atoms with Gasteiger partial charge in [-0.3, -0.25) is 14.4 Å². The summed E-state index contributed by atoms with van der Waals surface area (Å²) in [5.41, 5.74) is -1.28. The normalized spacial score (nSPS) is 16.3. The Morgan fingerprint density at radius 3 is 2.05 bits per heavy atom. The highest BCUT2D eigenvalue weighted by molar-refractivity contribution is 14.1. The van der Waals surface area contributed by atoms with E-state index in [2.05, 4.69) is 0 Å². The Bertz CT molecular complexity index is 468. The van der Waals surface area contributed by atoms with Gasteiger partial charge in [0.15, 0.2) is 3.79 Å². The second-order valence-corrected chi connectivity index (χ2v) is 7.92. The monoisotopic (exact) mass is 409 g/mol. The Kier molecular flexibility index (Phi) is 5.51. The molecule has 0 bridgehead atoms. The summed E-state index contributed by atoms with van der Waals surface area (Å²) in [6, 6.07) is 0. The summed E-state index contributed by atoms with van der Waals surface area (Å²) in [5.74, 6) is -1.63. The number of carbonyl (C=O) groups excluding carboxylic acids is 4. The van der Waals surface area contributed by atoms with Crippen molar-refractivity contribution in [1.29, 1.82) is 0 Å². The van der Waals surface area contributed by atoms with Crippen LogP contribution in [-0.2, 0) is 24.0 Å². The molecule has 0 atom stereocenters. The summed E-state index contributed by atoms with van der Waals surface area (Å²) in [7, 11) is 0. The van der Waals surface area contributed by atoms with Gasteiger partial charge < -0.3 is 4.84 Å². The number of amides is 2. The molecular weight excluding hydrogens is 389 g/mol. The first kappa shape index (κ1) is 18.1. The van der Waals surface area contributed by atoms with Gasteiger partial charge in [-0.15, -0.1) is 5.06 Å². The summed E-state index contributed by atoms with van der Waals surface area (Å²) in [5, 5.41) is 0.556. The summed E-state index contributed by atoms with van der Waals surface area (Å²) < 4.78 is 0.0201. The maximum Gasteiger partial charge on any atom is 0.338 e. The van der Waals surface area contributed by atoms with Crippen molar-refractivity contribution in [1.82, 2.24) is 5.06 Å². The molecule has 21 heavy (non-hydrogen) atoms. The van der Waals surface area contributed by atoms with Crippen LogP contribution in [0.5, 0.6) is 0 Å². The topological polar surface area (TPSA) is 80.8 Å². The molecule has 1 rings (SSSR count). The van der Waals surface area contributed by atoms with Gasteiger partial charge in [-0.25, -0.2) is 4.79 Å². The van der Waals surface area contributed by atoms with Crippen molar-refractivity contribution in [2.24, 2.45) is 10.8 Å². The molecule has 7 heteroatoms. The highest BCUT2D eigenvalue weighted by atomic mass is 127. The number of nitrogens with zero attached hydrogens (tertiary/aromatic N) is 1. The first-order chi connectivity index (χ1) is 9.44. The van der Waals surface area contributed by atoms with E-state index in [4.69, 9.17) is 4.84 Å². The molecular formula is C14H20INO5. The summed E-state index contributed by atoms with van der Waals surface area (Å²) in [4.78, 5) is 51.4. The van der Waals surface area contributed by atoms with Gasteiger partial charge in [-0.05, 0) is 48.3 Å². The van der Waals surface area contributed by atoms with Crippen molar-refractivity contribution in [3.05, 3.63) is 0 Å². The molecule has 1 saturated heterocycles. The molecule has 0 aromatic carbocycles. The average molecular weight is 409 g/mol. The fourth-order valence-electron chi connectivity index (χ4n) is 2.57. The van der Waals surface area contributed by atoms with Crippen LogP contribution in [0.15, 0.2) is 0 Å². The van der Waals surface area contributed by atoms with Crippen LogP contribution < -0.4 is 0 Å². The zero-order valence-corrected chi connectivity index (χ0v) is 14.9. The van der Waals surface area contributed by atoms with Gasteiger partial charge >= 0.3 is 5.97 Å². The van der Waals surface area contributed by atoms with Crippen LogP contribution in [0.2, 0.25) is 0 Å². The third-order valence-electron chi connectivity index (χ3n) is 3.27. The van der Waals surface area contributed by atoms with E-state index >= 15 is 0 Å². The van der Waals surface area contributed by atoms with E-state index in [1.807, 2.05) is 13.8 Å². The lowest BCUT2D eigenvalue weighted by Gasteiger charge is -2.32. The number of halogens is 1. The summed E-state index contributed by atoms with van der Waals surface area (Å²) in [6.45, 7) is 7.15. The molecule has 0 aromatic rings. The third-order valence-corrected chi connectivity index (χ3v) is 3.65. The van der Waals surface area contributed by atoms with Crippen molar-refractivity contribution in [2.45, 2.75) is 53.4 Å². The second kappa shape index (κ2) is 6.41. The Morgan fingerprint density at radius 1 is 1.14 bits per heavy atom. The predicted octanol–water partition coefficient (Wildman–Crippen LogP) is 2.39. The summed E-state index contributed by atoms with van der Waals surface area (Å²) >= 11 is 1.73. The lowest BCUT2D eigenvalue weighted by molar-refractivity contribution is -0.205. The molecule has 0 aliphatic carbocycles. The Balaban J connectivity index is 2.73. The van der Waals surface area contributed by atoms with Crippen LogP contribution in [0, 0.1) is 10.8 Å². The van der Waals surface area contributed by atoms with Gasteiger partial charge in [0.1, 0.15) is 0 Å². The zero-order chi connectivity index (χ0) is 16.4. The van der Waals surface area contributed by atoms with Crippen molar-refractivity contribution in [3.8, 4) is 0 Å². The fraction of sp³-hybridized carbons (Fsp3) is 0.714. The van der Waals surface area contributed by atoms with Gasteiger partial charge in [0, 0.05) is 19.3 Å². The van der Waals surface area contributed by atoms with E-state index in [1.165, 1.54) is 0 Å². The molecule has 1 fully saturated rings. The predicted molar refractivity (Wildman–Crippen MR) is 83.0 cm³/mol. The number of hydroxylamine groups is 2. The first-order valence-corrected chi connectivity index (χ1v) is 7.79. The highest BCUT2D eigenvalue weighted by Gasteiger charge is 2.41. The Hall–Kier alpha value is -0.990. The minimum atomic E-state index is -0.904. The lowest BCUT2D eigenvalue weighted by Crippen LogP contribution is -2.39. The smallest absolute Gasteiger partial charge is 0.330 e. The summed E-state index contributed by atoms with van der Waals surface area (Å²) in [6.07, 6.45) is 0.887. The number of imide groups is 1. The quantitative estimate of drug-likeness (QED) is 0.382. The van der Waals surface area contributed by atoms with Crippen LogP contribution in [0.1, 0.15) is 53.4 Å². The van der Waals surface area contributed by atoms with Crippen LogP contribution in [0.3, 0.4) is 0 Å². The SMILES string of the molecule is CC(C)(CC(=O)I)CC(C)(C)C(=O)ON1C(=O)CCC1=O. The van der Waals surface area contributed by atoms with E-state index in [9.17, 15) is 19.2 Å². The standard InChI is InChI=1S/C14H20INO5/c1-13(2,7-9(15)17)8-14(3,4)12(20)21-16-10(18)5-6-11(16)19/h5-8H2,1-4H3. The number of rotatable bonds is 6. The van der Waals surface area contributed by atoms with Crippen molar-refractivity contribution in [3.63, 3.8) is 0 Å². The van der Waals surface area contributed by atoms with E-state index < -0.39 is 23.2 Å². The van der Waals surface area contributed by atoms with Crippen molar-refractivity contribution < 1.29 is 24.0 Å². The largest absolute Gasteiger partial charge is 0.338 e. The molecule has 0 saturated carbocycles. The number of hydrogen-bond acceptors (Lipinski definition) is 5. The number of hydrogen-bond donors (Lipinski definition) is 0. The number of carbonyl (C=O) groups is 4. The minimum Gasteiger partial charge on any atom is -0.330 e. The zero-order valence-electron chi connectivity index (χ0n) is 12.7. The minimum absolute atomic E-state index is 0.0201. The molecule has 0 aromatic heterocycles. The maximum atomic E-state index is 12.2. The molecule has 0 unspecified atom stereocenters. The maximum absolute atomic E-state index is 12.2. The molecule has 1 heterocycles. The van der Waals surface area contributed by atoms with E-state index in [1.54, 1.807) is 36.4 Å². The fourth-order valence-corrected chi connectivity index (χ4v) is 3.60. The van der Waals surface area contributed by atoms with Gasteiger partial charge in [0.05, 0.1) is 5.41 Å². The molecule has 2 amide bonds. The van der Waals surface area contributed by atoms with Gasteiger partial charge in [-0.2, -0.15) is 0 Å². The molecule has 1 aliphatic heterocycles. The molecule has 118 valence electrons. The van der Waals surface area contributed by atoms with Crippen molar-refractivity contribution >= 4 is 44.2 Å². The van der Waals surface area contributed by atoms with Gasteiger partial charge in [0.2, 0.25) is 0 Å². The Labute approximate surface area is 137 Å². The van der Waals surface area contributed by atoms with Crippen LogP contribution in [0.4, 0.5) is 0 Å². The first-order valence-electron chi connectivity index (χ1n) is 6.71. The average Bonchev–Trinajstić information content (AvgIpc) is 2.57. The highest BCUT2D eigenvalue weighted by Crippen LogP contribution is 2.38. The van der Waals surface area contributed by atoms with E-state index in [-0.39, 0.29) is 22.0 Å². The Morgan fingerprint density at radius 2 is 1.62 bits per heavy atom. The van der Waals surface area contributed by atoms with E-state index in [0.717, 1.165) is 0 Å². The second-order valence-electron chi connectivity index (χ2n) is 6.72. The van der Waals surface area contributed by atoms with Crippen LogP contribution in [0.25, 0.3) is 0 Å². The van der Waals surface area contributed by atoms with Crippen molar-refractivity contribution in [2.75, 3.05) is 0 Å². The van der Waals surface area contributed by atoms with Gasteiger partial charge in [-0.1, -0.05) is 13.8 Å². The van der Waals surface area contributed by atoms with E-state index in [0.29, 0.717) is 17.9 Å².